The zero-order chi connectivity index (χ0) is 26.8. The van der Waals surface area contributed by atoms with Crippen LogP contribution in [-0.2, 0) is 11.0 Å². The molecule has 0 saturated carbocycles. The predicted octanol–water partition coefficient (Wildman–Crippen LogP) is 6.47. The van der Waals surface area contributed by atoms with E-state index in [-0.39, 0.29) is 23.3 Å². The third kappa shape index (κ3) is 6.67. The van der Waals surface area contributed by atoms with Crippen LogP contribution in [0.5, 0.6) is 0 Å². The maximum atomic E-state index is 13.2. The minimum absolute atomic E-state index is 0.0685. The molecule has 0 atom stereocenters. The van der Waals surface area contributed by atoms with E-state index in [0.717, 1.165) is 23.9 Å². The summed E-state index contributed by atoms with van der Waals surface area (Å²) in [7, 11) is 0. The first-order valence-corrected chi connectivity index (χ1v) is 12.6. The first-order valence-electron chi connectivity index (χ1n) is 12.6. The molecule has 1 fully saturated rings. The number of fused-ring (bicyclic) bond motifs is 1. The summed E-state index contributed by atoms with van der Waals surface area (Å²) < 4.78 is 39.6. The van der Waals surface area contributed by atoms with Gasteiger partial charge >= 0.3 is 6.18 Å². The number of aromatic nitrogens is 1. The van der Waals surface area contributed by atoms with Crippen molar-refractivity contribution in [3.8, 4) is 11.3 Å². The first-order chi connectivity index (χ1) is 17.4. The summed E-state index contributed by atoms with van der Waals surface area (Å²) >= 11 is 0. The van der Waals surface area contributed by atoms with Crippen molar-refractivity contribution in [2.24, 2.45) is 5.41 Å². The quantitative estimate of drug-likeness (QED) is 0.427. The Morgan fingerprint density at radius 3 is 2.38 bits per heavy atom. The Morgan fingerprint density at radius 2 is 1.70 bits per heavy atom. The van der Waals surface area contributed by atoms with E-state index in [1.54, 1.807) is 30.3 Å². The Labute approximate surface area is 215 Å². The number of halogens is 3. The number of benzene rings is 2. The average Bonchev–Trinajstić information content (AvgIpc) is 2.86. The third-order valence-corrected chi connectivity index (χ3v) is 6.72. The molecule has 0 radical (unpaired) electrons. The molecule has 1 aliphatic heterocycles. The molecule has 3 aromatic rings. The second-order valence-corrected chi connectivity index (χ2v) is 10.8. The Bertz CT molecular complexity index is 1290. The summed E-state index contributed by atoms with van der Waals surface area (Å²) in [5.41, 5.74) is 0.854. The lowest BCUT2D eigenvalue weighted by Gasteiger charge is -2.33. The number of carbonyl (C=O) groups is 2. The largest absolute Gasteiger partial charge is 0.416 e. The summed E-state index contributed by atoms with van der Waals surface area (Å²) in [4.78, 5) is 32.2. The molecule has 5 nitrogen and oxygen atoms in total. The van der Waals surface area contributed by atoms with Crippen LogP contribution in [0.4, 0.5) is 13.2 Å². The smallest absolute Gasteiger partial charge is 0.349 e. The number of nitrogens with one attached hydrogen (secondary N) is 1. The van der Waals surface area contributed by atoms with Crippen LogP contribution in [0.2, 0.25) is 0 Å². The van der Waals surface area contributed by atoms with Gasteiger partial charge in [-0.1, -0.05) is 51.1 Å². The summed E-state index contributed by atoms with van der Waals surface area (Å²) in [5, 5.41) is 3.79. The van der Waals surface area contributed by atoms with E-state index in [2.05, 4.69) is 31.1 Å². The van der Waals surface area contributed by atoms with Crippen molar-refractivity contribution in [1.29, 1.82) is 0 Å². The Kier molecular flexibility index (Phi) is 7.57. The fourth-order valence-electron chi connectivity index (χ4n) is 4.52. The van der Waals surface area contributed by atoms with Gasteiger partial charge in [0.1, 0.15) is 0 Å². The molecular weight excluding hydrogens is 479 g/mol. The molecule has 0 aliphatic carbocycles. The third-order valence-electron chi connectivity index (χ3n) is 6.72. The normalized spacial score (nSPS) is 15.1. The van der Waals surface area contributed by atoms with Crippen LogP contribution in [0.3, 0.4) is 0 Å². The van der Waals surface area contributed by atoms with Crippen molar-refractivity contribution < 1.29 is 22.8 Å². The fourth-order valence-corrected chi connectivity index (χ4v) is 4.52. The van der Waals surface area contributed by atoms with Gasteiger partial charge in [0.15, 0.2) is 0 Å². The van der Waals surface area contributed by atoms with Gasteiger partial charge in [0, 0.05) is 36.5 Å². The topological polar surface area (TPSA) is 62.3 Å². The predicted molar refractivity (Wildman–Crippen MR) is 138 cm³/mol. The maximum absolute atomic E-state index is 13.2. The van der Waals surface area contributed by atoms with E-state index >= 15 is 0 Å². The van der Waals surface area contributed by atoms with Gasteiger partial charge in [-0.05, 0) is 48.9 Å². The van der Waals surface area contributed by atoms with Gasteiger partial charge in [-0.15, -0.1) is 0 Å². The number of hydrogen-bond donors (Lipinski definition) is 1. The first kappa shape index (κ1) is 26.6. The molecule has 2 heterocycles. The van der Waals surface area contributed by atoms with Crippen molar-refractivity contribution in [1.82, 2.24) is 15.2 Å². The number of rotatable bonds is 5. The minimum Gasteiger partial charge on any atom is -0.349 e. The van der Waals surface area contributed by atoms with Crippen LogP contribution in [0, 0.1) is 5.41 Å². The van der Waals surface area contributed by atoms with E-state index in [0.29, 0.717) is 54.7 Å². The van der Waals surface area contributed by atoms with Crippen molar-refractivity contribution in [2.45, 2.75) is 58.7 Å². The van der Waals surface area contributed by atoms with Crippen LogP contribution >= 0.6 is 0 Å². The molecule has 4 rings (SSSR count). The number of carbonyl (C=O) groups excluding carboxylic acids is 2. The fraction of sp³-hybridized carbons (Fsp3) is 0.414. The summed E-state index contributed by atoms with van der Waals surface area (Å²) in [5.74, 6) is -0.128. The maximum Gasteiger partial charge on any atom is 0.416 e. The highest BCUT2D eigenvalue weighted by atomic mass is 19.4. The van der Waals surface area contributed by atoms with Crippen molar-refractivity contribution in [3.05, 3.63) is 65.7 Å². The lowest BCUT2D eigenvalue weighted by Crippen LogP contribution is -2.46. The number of nitrogens with zero attached hydrogens (tertiary/aromatic N) is 2. The average molecular weight is 512 g/mol. The van der Waals surface area contributed by atoms with Gasteiger partial charge in [0.25, 0.3) is 5.91 Å². The monoisotopic (exact) mass is 511 g/mol. The number of amides is 2. The van der Waals surface area contributed by atoms with Gasteiger partial charge in [0.2, 0.25) is 5.91 Å². The van der Waals surface area contributed by atoms with Gasteiger partial charge in [-0.3, -0.25) is 9.59 Å². The lowest BCUT2D eigenvalue weighted by atomic mass is 9.90. The van der Waals surface area contributed by atoms with E-state index in [1.807, 2.05) is 11.0 Å². The van der Waals surface area contributed by atoms with Gasteiger partial charge < -0.3 is 10.2 Å². The Hall–Kier alpha value is -3.42. The zero-order valence-corrected chi connectivity index (χ0v) is 21.4. The van der Waals surface area contributed by atoms with Gasteiger partial charge in [-0.2, -0.15) is 13.2 Å². The number of likely N-dealkylation sites (tertiary alicyclic amines) is 1. The Balaban J connectivity index is 1.47. The molecule has 0 bridgehead atoms. The molecule has 0 spiro atoms. The molecule has 1 aliphatic rings. The Morgan fingerprint density at radius 1 is 1.00 bits per heavy atom. The second kappa shape index (κ2) is 10.5. The van der Waals surface area contributed by atoms with Gasteiger partial charge in [0.05, 0.1) is 22.3 Å². The second-order valence-electron chi connectivity index (χ2n) is 10.8. The van der Waals surface area contributed by atoms with Crippen molar-refractivity contribution >= 4 is 22.7 Å². The van der Waals surface area contributed by atoms with E-state index in [1.165, 1.54) is 6.07 Å². The molecule has 2 aromatic carbocycles. The van der Waals surface area contributed by atoms with Crippen LogP contribution in [0.25, 0.3) is 22.2 Å². The standard InChI is InChI=1S/C29H32F3N3O2/c1-28(2,3)15-12-25(36)35-16-13-22(14-17-35)33-27(37)23-9-5-6-19-10-11-24(34-26(19)23)20-7-4-8-21(18-20)29(30,31)32/h4-11,18,22H,12-17H2,1-3H3,(H,33,37). The van der Waals surface area contributed by atoms with Crippen LogP contribution in [0.1, 0.15) is 62.4 Å². The van der Waals surface area contributed by atoms with E-state index < -0.39 is 11.7 Å². The number of piperidine rings is 1. The highest BCUT2D eigenvalue weighted by Gasteiger charge is 2.30. The van der Waals surface area contributed by atoms with Crippen molar-refractivity contribution in [3.63, 3.8) is 0 Å². The molecule has 8 heteroatoms. The molecule has 1 N–H and O–H groups in total. The zero-order valence-electron chi connectivity index (χ0n) is 21.4. The molecule has 196 valence electrons. The van der Waals surface area contributed by atoms with Crippen LogP contribution in [0.15, 0.2) is 54.6 Å². The van der Waals surface area contributed by atoms with E-state index in [9.17, 15) is 22.8 Å². The highest BCUT2D eigenvalue weighted by Crippen LogP contribution is 2.32. The molecule has 37 heavy (non-hydrogen) atoms. The molecule has 2 amide bonds. The minimum atomic E-state index is -4.45. The summed E-state index contributed by atoms with van der Waals surface area (Å²) in [6, 6.07) is 13.6. The molecule has 0 unspecified atom stereocenters. The van der Waals surface area contributed by atoms with Crippen molar-refractivity contribution in [2.75, 3.05) is 13.1 Å². The molecular formula is C29H32F3N3O2. The SMILES string of the molecule is CC(C)(C)CCC(=O)N1CCC(NC(=O)c2cccc3ccc(-c4cccc(C(F)(F)F)c4)nc23)CC1. The number of alkyl halides is 3. The summed E-state index contributed by atoms with van der Waals surface area (Å²) in [6.45, 7) is 7.55. The summed E-state index contributed by atoms with van der Waals surface area (Å²) in [6.07, 6.45) is -1.76. The highest BCUT2D eigenvalue weighted by molar-refractivity contribution is 6.06. The lowest BCUT2D eigenvalue weighted by molar-refractivity contribution is -0.137. The number of para-hydroxylation sites is 1. The van der Waals surface area contributed by atoms with E-state index in [4.69, 9.17) is 0 Å². The molecule has 1 saturated heterocycles. The van der Waals surface area contributed by atoms with Crippen LogP contribution < -0.4 is 5.32 Å². The van der Waals surface area contributed by atoms with Crippen LogP contribution in [-0.4, -0.2) is 40.8 Å². The van der Waals surface area contributed by atoms with Gasteiger partial charge in [-0.25, -0.2) is 4.98 Å². The molecule has 1 aromatic heterocycles. The number of pyridine rings is 1. The number of hydrogen-bond acceptors (Lipinski definition) is 3.